The second kappa shape index (κ2) is 12.5. The van der Waals surface area contributed by atoms with Crippen molar-refractivity contribution in [1.29, 1.82) is 0 Å². The molecule has 0 aliphatic carbocycles. The first-order valence-corrected chi connectivity index (χ1v) is 8.55. The fourth-order valence-electron chi connectivity index (χ4n) is 1.91. The van der Waals surface area contributed by atoms with Crippen molar-refractivity contribution in [3.8, 4) is 0 Å². The van der Waals surface area contributed by atoms with Crippen LogP contribution >= 0.6 is 0 Å². The SMILES string of the molecule is C/C=C\CC.C=C.CCC(=O)Nc1cccc2nc(C(=O)N(C)C)cn12. The summed E-state index contributed by atoms with van der Waals surface area (Å²) in [6.07, 6.45) is 7.37. The van der Waals surface area contributed by atoms with Gasteiger partial charge < -0.3 is 10.2 Å². The van der Waals surface area contributed by atoms with Gasteiger partial charge in [0.25, 0.3) is 5.91 Å². The van der Waals surface area contributed by atoms with Gasteiger partial charge in [0.15, 0.2) is 0 Å². The highest BCUT2D eigenvalue weighted by Crippen LogP contribution is 2.14. The third-order valence-corrected chi connectivity index (χ3v) is 3.18. The maximum Gasteiger partial charge on any atom is 0.273 e. The molecule has 0 fully saturated rings. The summed E-state index contributed by atoms with van der Waals surface area (Å²) < 4.78 is 1.70. The summed E-state index contributed by atoms with van der Waals surface area (Å²) in [6, 6.07) is 5.34. The molecule has 0 saturated heterocycles. The molecule has 2 amide bonds. The molecule has 26 heavy (non-hydrogen) atoms. The maximum absolute atomic E-state index is 11.9. The van der Waals surface area contributed by atoms with Gasteiger partial charge in [-0.05, 0) is 25.5 Å². The van der Waals surface area contributed by atoms with Gasteiger partial charge in [-0.3, -0.25) is 14.0 Å². The molecule has 6 heteroatoms. The second-order valence-electron chi connectivity index (χ2n) is 5.34. The number of imidazole rings is 1. The van der Waals surface area contributed by atoms with Gasteiger partial charge in [-0.2, -0.15) is 0 Å². The quantitative estimate of drug-likeness (QED) is 0.835. The number of pyridine rings is 1. The van der Waals surface area contributed by atoms with Crippen LogP contribution in [0.5, 0.6) is 0 Å². The number of carbonyl (C=O) groups is 2. The molecule has 0 aromatic carbocycles. The third-order valence-electron chi connectivity index (χ3n) is 3.18. The minimum Gasteiger partial charge on any atom is -0.343 e. The first kappa shape index (κ1) is 23.1. The van der Waals surface area contributed by atoms with E-state index in [0.717, 1.165) is 6.42 Å². The normalized spacial score (nSPS) is 9.73. The summed E-state index contributed by atoms with van der Waals surface area (Å²) in [7, 11) is 3.35. The van der Waals surface area contributed by atoms with Gasteiger partial charge in [0.2, 0.25) is 5.91 Å². The number of allylic oxidation sites excluding steroid dienone is 2. The molecule has 0 atom stereocenters. The van der Waals surface area contributed by atoms with E-state index >= 15 is 0 Å². The molecule has 1 N–H and O–H groups in total. The average Bonchev–Trinajstić information content (AvgIpc) is 3.09. The van der Waals surface area contributed by atoms with Gasteiger partial charge in [0, 0.05) is 26.7 Å². The highest BCUT2D eigenvalue weighted by Gasteiger charge is 2.14. The smallest absolute Gasteiger partial charge is 0.273 e. The van der Waals surface area contributed by atoms with E-state index in [9.17, 15) is 9.59 Å². The van der Waals surface area contributed by atoms with Crippen molar-refractivity contribution < 1.29 is 9.59 Å². The Hall–Kier alpha value is -2.89. The number of hydrogen-bond donors (Lipinski definition) is 1. The minimum absolute atomic E-state index is 0.0818. The standard InChI is InChI=1S/C13H16N4O2.C5H10.C2H4/c1-4-12(18)15-11-7-5-6-10-14-9(8-17(10)11)13(19)16(2)3;1-3-5-4-2;1-2/h5-8H,4H2,1-3H3,(H,15,18);3,5H,4H2,1-2H3;1-2H2/b;5-3-;. The number of aromatic nitrogens is 2. The number of nitrogens with one attached hydrogen (secondary N) is 1. The van der Waals surface area contributed by atoms with Crippen molar-refractivity contribution in [2.75, 3.05) is 19.4 Å². The Labute approximate surface area is 156 Å². The lowest BCUT2D eigenvalue weighted by molar-refractivity contribution is -0.115. The molecule has 2 aromatic rings. The monoisotopic (exact) mass is 358 g/mol. The van der Waals surface area contributed by atoms with Crippen LogP contribution in [-0.2, 0) is 4.79 Å². The fourth-order valence-corrected chi connectivity index (χ4v) is 1.91. The Balaban J connectivity index is 0.000000772. The molecular formula is C20H30N4O2. The van der Waals surface area contributed by atoms with E-state index in [1.807, 2.05) is 6.92 Å². The van der Waals surface area contributed by atoms with Crippen LogP contribution in [0.4, 0.5) is 5.82 Å². The zero-order valence-electron chi connectivity index (χ0n) is 16.5. The predicted molar refractivity (Wildman–Crippen MR) is 108 cm³/mol. The minimum atomic E-state index is -0.170. The molecule has 2 heterocycles. The molecule has 0 bridgehead atoms. The van der Waals surface area contributed by atoms with Gasteiger partial charge in [0.1, 0.15) is 17.2 Å². The number of rotatable bonds is 4. The van der Waals surface area contributed by atoms with Gasteiger partial charge in [-0.1, -0.05) is 32.1 Å². The lowest BCUT2D eigenvalue weighted by Crippen LogP contribution is -2.21. The Morgan fingerprint density at radius 2 is 1.92 bits per heavy atom. The summed E-state index contributed by atoms with van der Waals surface area (Å²) in [6.45, 7) is 11.9. The van der Waals surface area contributed by atoms with E-state index in [-0.39, 0.29) is 11.8 Å². The van der Waals surface area contributed by atoms with E-state index in [2.05, 4.69) is 42.5 Å². The topological polar surface area (TPSA) is 66.7 Å². The van der Waals surface area contributed by atoms with Crippen LogP contribution in [0.25, 0.3) is 5.65 Å². The first-order chi connectivity index (χ1) is 12.4. The largest absolute Gasteiger partial charge is 0.343 e. The first-order valence-electron chi connectivity index (χ1n) is 8.55. The molecule has 0 aliphatic rings. The van der Waals surface area contributed by atoms with E-state index in [1.165, 1.54) is 4.90 Å². The second-order valence-corrected chi connectivity index (χ2v) is 5.34. The van der Waals surface area contributed by atoms with E-state index in [4.69, 9.17) is 0 Å². The molecule has 2 aromatic heterocycles. The van der Waals surface area contributed by atoms with E-state index in [1.54, 1.807) is 49.8 Å². The predicted octanol–water partition coefficient (Wildman–Crippen LogP) is 4.16. The van der Waals surface area contributed by atoms with Crippen molar-refractivity contribution in [1.82, 2.24) is 14.3 Å². The van der Waals surface area contributed by atoms with Crippen molar-refractivity contribution in [3.63, 3.8) is 0 Å². The van der Waals surface area contributed by atoms with Crippen molar-refractivity contribution in [2.45, 2.75) is 33.6 Å². The van der Waals surface area contributed by atoms with Crippen LogP contribution in [0.2, 0.25) is 0 Å². The van der Waals surface area contributed by atoms with Crippen LogP contribution in [0, 0.1) is 0 Å². The zero-order valence-corrected chi connectivity index (χ0v) is 16.5. The number of anilines is 1. The summed E-state index contributed by atoms with van der Waals surface area (Å²) in [5.41, 5.74) is 0.974. The van der Waals surface area contributed by atoms with E-state index in [0.29, 0.717) is 23.6 Å². The number of nitrogens with zero attached hydrogens (tertiary/aromatic N) is 3. The third kappa shape index (κ3) is 6.93. The molecule has 0 aliphatic heterocycles. The van der Waals surface area contributed by atoms with Crippen LogP contribution < -0.4 is 5.32 Å². The van der Waals surface area contributed by atoms with Gasteiger partial charge in [-0.25, -0.2) is 4.98 Å². The van der Waals surface area contributed by atoms with Crippen molar-refractivity contribution >= 4 is 23.3 Å². The van der Waals surface area contributed by atoms with E-state index < -0.39 is 0 Å². The Morgan fingerprint density at radius 1 is 1.27 bits per heavy atom. The highest BCUT2D eigenvalue weighted by atomic mass is 16.2. The summed E-state index contributed by atoms with van der Waals surface area (Å²) in [5, 5.41) is 2.78. The summed E-state index contributed by atoms with van der Waals surface area (Å²) >= 11 is 0. The maximum atomic E-state index is 11.9. The van der Waals surface area contributed by atoms with Gasteiger partial charge >= 0.3 is 0 Å². The molecule has 142 valence electrons. The van der Waals surface area contributed by atoms with Gasteiger partial charge in [0.05, 0.1) is 0 Å². The van der Waals surface area contributed by atoms with Crippen LogP contribution in [0.1, 0.15) is 44.1 Å². The van der Waals surface area contributed by atoms with Crippen molar-refractivity contribution in [2.24, 2.45) is 0 Å². The number of fused-ring (bicyclic) bond motifs is 1. The molecule has 2 rings (SSSR count). The number of amides is 2. The summed E-state index contributed by atoms with van der Waals surface area (Å²) in [5.74, 6) is 0.354. The lowest BCUT2D eigenvalue weighted by Gasteiger charge is -2.06. The fraction of sp³-hybridized carbons (Fsp3) is 0.350. The Morgan fingerprint density at radius 3 is 2.38 bits per heavy atom. The molecule has 0 spiro atoms. The Kier molecular flexibility index (Phi) is 11.1. The van der Waals surface area contributed by atoms with Gasteiger partial charge in [-0.15, -0.1) is 13.2 Å². The zero-order chi connectivity index (χ0) is 20.1. The summed E-state index contributed by atoms with van der Waals surface area (Å²) in [4.78, 5) is 29.0. The number of carbonyl (C=O) groups excluding carboxylic acids is 2. The molecule has 0 unspecified atom stereocenters. The molecule has 0 saturated carbocycles. The van der Waals surface area contributed by atoms with Crippen LogP contribution in [-0.4, -0.2) is 40.2 Å². The molecular weight excluding hydrogens is 328 g/mol. The van der Waals surface area contributed by atoms with Crippen LogP contribution in [0.3, 0.4) is 0 Å². The van der Waals surface area contributed by atoms with Crippen LogP contribution in [0.15, 0.2) is 49.7 Å². The molecule has 0 radical (unpaired) electrons. The Bertz CT molecular complexity index is 732. The van der Waals surface area contributed by atoms with Crippen molar-refractivity contribution in [3.05, 3.63) is 55.4 Å². The lowest BCUT2D eigenvalue weighted by atomic mass is 10.4. The number of hydrogen-bond acceptors (Lipinski definition) is 3. The highest BCUT2D eigenvalue weighted by molar-refractivity contribution is 5.93. The molecule has 6 nitrogen and oxygen atoms in total. The average molecular weight is 358 g/mol.